The van der Waals surface area contributed by atoms with E-state index in [1.807, 2.05) is 0 Å². The molecule has 0 aliphatic carbocycles. The van der Waals surface area contributed by atoms with Gasteiger partial charge >= 0.3 is 0 Å². The summed E-state index contributed by atoms with van der Waals surface area (Å²) in [6, 6.07) is 0. The Morgan fingerprint density at radius 1 is 1.00 bits per heavy atom. The average Bonchev–Trinajstić information content (AvgIpc) is 1.98. The highest BCUT2D eigenvalue weighted by Gasteiger charge is 2.17. The van der Waals surface area contributed by atoms with Crippen molar-refractivity contribution < 1.29 is 0 Å². The van der Waals surface area contributed by atoms with Crippen molar-refractivity contribution in [3.8, 4) is 0 Å². The monoisotopic (exact) mass is 172 g/mol. The van der Waals surface area contributed by atoms with Crippen molar-refractivity contribution >= 4 is 0 Å². The lowest BCUT2D eigenvalue weighted by molar-refractivity contribution is 0.245. The van der Waals surface area contributed by atoms with Crippen LogP contribution in [-0.2, 0) is 0 Å². The molecule has 0 aromatic rings. The third-order valence-corrected chi connectivity index (χ3v) is 2.85. The van der Waals surface area contributed by atoms with Crippen molar-refractivity contribution in [2.75, 3.05) is 0 Å². The zero-order valence-corrected chi connectivity index (χ0v) is 8.85. The Bertz CT molecular complexity index is 84.0. The van der Waals surface area contributed by atoms with Gasteiger partial charge in [0.25, 0.3) is 0 Å². The van der Waals surface area contributed by atoms with Gasteiger partial charge in [0, 0.05) is 0 Å². The van der Waals surface area contributed by atoms with Gasteiger partial charge in [-0.15, -0.1) is 0 Å². The van der Waals surface area contributed by atoms with Gasteiger partial charge in [-0.2, -0.15) is 0 Å². The molecule has 0 aliphatic rings. The zero-order chi connectivity index (χ0) is 8.85. The van der Waals surface area contributed by atoms with Gasteiger partial charge in [0.05, 0.1) is 0 Å². The molecule has 0 rings (SSSR count). The van der Waals surface area contributed by atoms with Crippen LogP contribution in [0.3, 0.4) is 0 Å². The van der Waals surface area contributed by atoms with E-state index in [1.54, 1.807) is 0 Å². The minimum atomic E-state index is 0. The quantitative estimate of drug-likeness (QED) is 0.562. The molecule has 0 aliphatic heterocycles. The van der Waals surface area contributed by atoms with Crippen LogP contribution in [0.5, 0.6) is 0 Å². The molecule has 0 aromatic heterocycles. The highest BCUT2D eigenvalue weighted by Crippen LogP contribution is 2.27. The normalized spacial score (nSPS) is 15.5. The highest BCUT2D eigenvalue weighted by atomic mass is 14.2. The molecule has 0 saturated heterocycles. The molecule has 12 heavy (non-hydrogen) atoms. The summed E-state index contributed by atoms with van der Waals surface area (Å²) < 4.78 is 0. The van der Waals surface area contributed by atoms with Crippen LogP contribution in [0, 0.1) is 17.8 Å². The van der Waals surface area contributed by atoms with Gasteiger partial charge in [-0.05, 0) is 17.8 Å². The molecule has 0 fully saturated rings. The Morgan fingerprint density at radius 3 is 1.75 bits per heavy atom. The lowest BCUT2D eigenvalue weighted by Gasteiger charge is -2.26. The molecule has 76 valence electrons. The van der Waals surface area contributed by atoms with E-state index in [4.69, 9.17) is 0 Å². The Labute approximate surface area is 79.8 Å². The van der Waals surface area contributed by atoms with Crippen LogP contribution in [0.2, 0.25) is 0 Å². The van der Waals surface area contributed by atoms with Crippen molar-refractivity contribution in [2.45, 2.75) is 61.3 Å². The van der Waals surface area contributed by atoms with Crippen LogP contribution in [0.15, 0.2) is 0 Å². The highest BCUT2D eigenvalue weighted by molar-refractivity contribution is 4.67. The molecule has 2 atom stereocenters. The van der Waals surface area contributed by atoms with Crippen molar-refractivity contribution in [3.63, 3.8) is 0 Å². The molecular formula is C12H28. The van der Waals surface area contributed by atoms with Gasteiger partial charge in [0.2, 0.25) is 0 Å². The molecule has 0 unspecified atom stereocenters. The van der Waals surface area contributed by atoms with E-state index in [0.717, 1.165) is 17.8 Å². The standard InChI is InChI=1S/C11H24.CH4/c1-6-8-11(9(3)4)10(5)7-2;/h9-11H,6-8H2,1-5H3;1H4/t10-,11-;/m0./s1. The second-order valence-corrected chi connectivity index (χ2v) is 4.08. The second kappa shape index (κ2) is 7.64. The van der Waals surface area contributed by atoms with E-state index in [9.17, 15) is 0 Å². The SMILES string of the molecule is C.CCC[C@@H](C(C)C)[C@@H](C)CC. The van der Waals surface area contributed by atoms with Gasteiger partial charge in [0.1, 0.15) is 0 Å². The first-order valence-corrected chi connectivity index (χ1v) is 5.13. The summed E-state index contributed by atoms with van der Waals surface area (Å²) in [6.45, 7) is 11.7. The predicted molar refractivity (Wildman–Crippen MR) is 59.4 cm³/mol. The van der Waals surface area contributed by atoms with Crippen molar-refractivity contribution in [2.24, 2.45) is 17.8 Å². The summed E-state index contributed by atoms with van der Waals surface area (Å²) in [5.41, 5.74) is 0. The summed E-state index contributed by atoms with van der Waals surface area (Å²) in [7, 11) is 0. The van der Waals surface area contributed by atoms with E-state index in [2.05, 4.69) is 34.6 Å². The molecule has 0 radical (unpaired) electrons. The molecule has 0 heterocycles. The maximum Gasteiger partial charge on any atom is -0.0366 e. The van der Waals surface area contributed by atoms with Gasteiger partial charge in [-0.1, -0.05) is 61.3 Å². The second-order valence-electron chi connectivity index (χ2n) is 4.08. The number of hydrogen-bond donors (Lipinski definition) is 0. The van der Waals surface area contributed by atoms with E-state index >= 15 is 0 Å². The maximum atomic E-state index is 2.39. The first-order valence-electron chi connectivity index (χ1n) is 5.13. The third-order valence-electron chi connectivity index (χ3n) is 2.85. The Kier molecular flexibility index (Phi) is 9.24. The first kappa shape index (κ1) is 14.5. The maximum absolute atomic E-state index is 2.39. The fourth-order valence-electron chi connectivity index (χ4n) is 1.91. The van der Waals surface area contributed by atoms with E-state index in [0.29, 0.717) is 0 Å². The van der Waals surface area contributed by atoms with Crippen molar-refractivity contribution in [1.82, 2.24) is 0 Å². The summed E-state index contributed by atoms with van der Waals surface area (Å²) in [6.07, 6.45) is 4.09. The molecular weight excluding hydrogens is 144 g/mol. The molecule has 0 N–H and O–H groups in total. The smallest absolute Gasteiger partial charge is 0.0366 e. The summed E-state index contributed by atoms with van der Waals surface area (Å²) in [4.78, 5) is 0. The largest absolute Gasteiger partial charge is 0.0776 e. The lowest BCUT2D eigenvalue weighted by atomic mass is 9.80. The van der Waals surface area contributed by atoms with E-state index < -0.39 is 0 Å². The zero-order valence-electron chi connectivity index (χ0n) is 8.85. The summed E-state index contributed by atoms with van der Waals surface area (Å²) in [5, 5.41) is 0. The number of rotatable bonds is 5. The average molecular weight is 172 g/mol. The Balaban J connectivity index is 0. The third kappa shape index (κ3) is 4.79. The molecule has 0 nitrogen and oxygen atoms in total. The van der Waals surface area contributed by atoms with Crippen LogP contribution in [0.4, 0.5) is 0 Å². The fraction of sp³-hybridized carbons (Fsp3) is 1.00. The molecule has 0 heteroatoms. The first-order chi connectivity index (χ1) is 5.13. The fourth-order valence-corrected chi connectivity index (χ4v) is 1.91. The van der Waals surface area contributed by atoms with Crippen LogP contribution < -0.4 is 0 Å². The minimum Gasteiger partial charge on any atom is -0.0776 e. The van der Waals surface area contributed by atoms with Gasteiger partial charge in [-0.3, -0.25) is 0 Å². The van der Waals surface area contributed by atoms with Gasteiger partial charge in [0.15, 0.2) is 0 Å². The van der Waals surface area contributed by atoms with Crippen LogP contribution in [0.1, 0.15) is 61.3 Å². The summed E-state index contributed by atoms with van der Waals surface area (Å²) >= 11 is 0. The van der Waals surface area contributed by atoms with Crippen LogP contribution >= 0.6 is 0 Å². The lowest BCUT2D eigenvalue weighted by Crippen LogP contribution is -2.16. The minimum absolute atomic E-state index is 0. The molecule has 0 amide bonds. The van der Waals surface area contributed by atoms with Crippen molar-refractivity contribution in [3.05, 3.63) is 0 Å². The molecule has 0 bridgehead atoms. The molecule has 0 saturated carbocycles. The predicted octanol–water partition coefficient (Wildman–Crippen LogP) is 4.74. The van der Waals surface area contributed by atoms with E-state index in [-0.39, 0.29) is 7.43 Å². The van der Waals surface area contributed by atoms with Gasteiger partial charge < -0.3 is 0 Å². The molecule has 0 spiro atoms. The topological polar surface area (TPSA) is 0 Å². The van der Waals surface area contributed by atoms with Crippen LogP contribution in [0.25, 0.3) is 0 Å². The van der Waals surface area contributed by atoms with Crippen LogP contribution in [-0.4, -0.2) is 0 Å². The van der Waals surface area contributed by atoms with E-state index in [1.165, 1.54) is 19.3 Å². The van der Waals surface area contributed by atoms with Crippen molar-refractivity contribution in [1.29, 1.82) is 0 Å². The Morgan fingerprint density at radius 2 is 1.50 bits per heavy atom. The van der Waals surface area contributed by atoms with Gasteiger partial charge in [-0.25, -0.2) is 0 Å². The molecule has 0 aromatic carbocycles. The Hall–Kier alpha value is 0. The summed E-state index contributed by atoms with van der Waals surface area (Å²) in [5.74, 6) is 2.73. The number of hydrogen-bond acceptors (Lipinski definition) is 0.